The third-order valence-electron chi connectivity index (χ3n) is 7.78. The molecule has 4 rings (SSSR count). The first-order valence-electron chi connectivity index (χ1n) is 14.1. The van der Waals surface area contributed by atoms with E-state index in [1.165, 1.54) is 26.4 Å². The lowest BCUT2D eigenvalue weighted by Gasteiger charge is -2.29. The van der Waals surface area contributed by atoms with Crippen molar-refractivity contribution in [2.75, 3.05) is 24.9 Å². The minimum Gasteiger partial charge on any atom is -0.494 e. The van der Waals surface area contributed by atoms with Crippen LogP contribution in [0.5, 0.6) is 5.75 Å². The lowest BCUT2D eigenvalue weighted by atomic mass is 9.83. The van der Waals surface area contributed by atoms with Gasteiger partial charge in [0.25, 0.3) is 5.91 Å². The first kappa shape index (κ1) is 30.6. The van der Waals surface area contributed by atoms with E-state index in [4.69, 9.17) is 9.47 Å². The molecule has 0 saturated heterocycles. The number of hydrogen-bond donors (Lipinski definition) is 3. The van der Waals surface area contributed by atoms with E-state index in [2.05, 4.69) is 16.0 Å². The van der Waals surface area contributed by atoms with Gasteiger partial charge in [0.15, 0.2) is 11.6 Å². The average Bonchev–Trinajstić information content (AvgIpc) is 2.97. The van der Waals surface area contributed by atoms with Gasteiger partial charge in [-0.15, -0.1) is 0 Å². The summed E-state index contributed by atoms with van der Waals surface area (Å²) in [6.07, 6.45) is 4.67. The van der Waals surface area contributed by atoms with Crippen LogP contribution in [0.3, 0.4) is 0 Å². The van der Waals surface area contributed by atoms with Gasteiger partial charge in [-0.3, -0.25) is 4.79 Å². The fraction of sp³-hybridized carbons (Fsp3) is 0.364. The van der Waals surface area contributed by atoms with E-state index in [0.29, 0.717) is 16.8 Å². The van der Waals surface area contributed by atoms with Gasteiger partial charge in [0, 0.05) is 5.69 Å². The topological polar surface area (TPSA) is 106 Å². The molecule has 8 nitrogen and oxygen atoms in total. The summed E-state index contributed by atoms with van der Waals surface area (Å²) in [4.78, 5) is 39.6. The van der Waals surface area contributed by atoms with Crippen LogP contribution in [0.25, 0.3) is 11.1 Å². The van der Waals surface area contributed by atoms with Crippen molar-refractivity contribution in [2.24, 2.45) is 5.92 Å². The molecule has 0 aromatic heterocycles. The lowest BCUT2D eigenvalue weighted by molar-refractivity contribution is -0.144. The Balaban J connectivity index is 1.68. The van der Waals surface area contributed by atoms with Crippen LogP contribution in [0.1, 0.15) is 59.2 Å². The molecule has 0 bridgehead atoms. The van der Waals surface area contributed by atoms with Gasteiger partial charge in [-0.25, -0.2) is 14.0 Å². The number of rotatable bonds is 8. The summed E-state index contributed by atoms with van der Waals surface area (Å²) in [5.74, 6) is -1.50. The molecule has 0 spiro atoms. The number of hydrogen-bond acceptors (Lipinski definition) is 5. The Kier molecular flexibility index (Phi) is 9.83. The van der Waals surface area contributed by atoms with Gasteiger partial charge >= 0.3 is 12.0 Å². The van der Waals surface area contributed by atoms with Crippen LogP contribution < -0.4 is 20.7 Å². The Bertz CT molecular complexity index is 1460. The SMILES string of the molecule is COC(=O)[C@@H](NC(=O)c1ccc(-c2ccc(OC)c(F)c2)cc1NC(=O)Nc1c(C)cc(C)cc1C)C1CCCCC1. The Morgan fingerprint density at radius 3 is 2.12 bits per heavy atom. The highest BCUT2D eigenvalue weighted by Gasteiger charge is 2.32. The van der Waals surface area contributed by atoms with Crippen molar-refractivity contribution in [3.63, 3.8) is 0 Å². The highest BCUT2D eigenvalue weighted by Crippen LogP contribution is 2.31. The summed E-state index contributed by atoms with van der Waals surface area (Å²) in [6.45, 7) is 5.80. The molecule has 1 fully saturated rings. The Hall–Kier alpha value is -4.40. The number of ether oxygens (including phenoxy) is 2. The molecule has 9 heteroatoms. The average molecular weight is 576 g/mol. The molecule has 0 aliphatic heterocycles. The maximum Gasteiger partial charge on any atom is 0.328 e. The zero-order chi connectivity index (χ0) is 30.4. The van der Waals surface area contributed by atoms with Crippen LogP contribution in [0.15, 0.2) is 48.5 Å². The molecule has 1 aliphatic rings. The van der Waals surface area contributed by atoms with Gasteiger partial charge in [0.2, 0.25) is 0 Å². The van der Waals surface area contributed by atoms with Crippen LogP contribution in [0.2, 0.25) is 0 Å². The Morgan fingerprint density at radius 1 is 0.857 bits per heavy atom. The normalized spacial score (nSPS) is 14.0. The molecule has 3 amide bonds. The second-order valence-electron chi connectivity index (χ2n) is 10.8. The second-order valence-corrected chi connectivity index (χ2v) is 10.8. The van der Waals surface area contributed by atoms with Crippen molar-refractivity contribution in [1.29, 1.82) is 0 Å². The summed E-state index contributed by atoms with van der Waals surface area (Å²) < 4.78 is 24.6. The maximum atomic E-state index is 14.5. The van der Waals surface area contributed by atoms with Crippen molar-refractivity contribution in [1.82, 2.24) is 5.32 Å². The molecule has 1 saturated carbocycles. The van der Waals surface area contributed by atoms with E-state index < -0.39 is 29.8 Å². The zero-order valence-corrected chi connectivity index (χ0v) is 24.7. The molecule has 1 atom stereocenters. The first-order chi connectivity index (χ1) is 20.1. The molecule has 3 aromatic carbocycles. The number of esters is 1. The van der Waals surface area contributed by atoms with Crippen LogP contribution in [-0.4, -0.2) is 38.2 Å². The molecule has 1 aliphatic carbocycles. The number of benzene rings is 3. The van der Waals surface area contributed by atoms with Crippen molar-refractivity contribution in [2.45, 2.75) is 58.9 Å². The number of aryl methyl sites for hydroxylation is 3. The number of nitrogens with one attached hydrogen (secondary N) is 3. The van der Waals surface area contributed by atoms with Crippen molar-refractivity contribution >= 4 is 29.3 Å². The van der Waals surface area contributed by atoms with E-state index >= 15 is 0 Å². The minimum absolute atomic E-state index is 0.0381. The fourth-order valence-electron chi connectivity index (χ4n) is 5.70. The van der Waals surface area contributed by atoms with Gasteiger partial charge in [-0.05, 0) is 86.1 Å². The summed E-state index contributed by atoms with van der Waals surface area (Å²) in [7, 11) is 2.69. The largest absolute Gasteiger partial charge is 0.494 e. The third-order valence-corrected chi connectivity index (χ3v) is 7.78. The lowest BCUT2D eigenvalue weighted by Crippen LogP contribution is -2.47. The number of halogens is 1. The van der Waals surface area contributed by atoms with Crippen molar-refractivity contribution < 1.29 is 28.2 Å². The van der Waals surface area contributed by atoms with Gasteiger partial charge in [0.1, 0.15) is 6.04 Å². The van der Waals surface area contributed by atoms with E-state index in [9.17, 15) is 18.8 Å². The monoisotopic (exact) mass is 575 g/mol. The predicted octanol–water partition coefficient (Wildman–Crippen LogP) is 6.92. The maximum absolute atomic E-state index is 14.5. The molecule has 222 valence electrons. The second kappa shape index (κ2) is 13.5. The minimum atomic E-state index is -0.808. The summed E-state index contributed by atoms with van der Waals surface area (Å²) >= 11 is 0. The summed E-state index contributed by atoms with van der Waals surface area (Å²) in [5.41, 5.74) is 5.01. The number of carbonyl (C=O) groups excluding carboxylic acids is 3. The quantitative estimate of drug-likeness (QED) is 0.253. The number of carbonyl (C=O) groups is 3. The predicted molar refractivity (Wildman–Crippen MR) is 162 cm³/mol. The smallest absolute Gasteiger partial charge is 0.328 e. The molecule has 0 unspecified atom stereocenters. The molecule has 3 aromatic rings. The molecule has 0 heterocycles. The fourth-order valence-corrected chi connectivity index (χ4v) is 5.70. The van der Waals surface area contributed by atoms with Crippen LogP contribution in [0, 0.1) is 32.5 Å². The molecular formula is C33H38FN3O5. The highest BCUT2D eigenvalue weighted by molar-refractivity contribution is 6.08. The summed E-state index contributed by atoms with van der Waals surface area (Å²) in [6, 6.07) is 11.9. The number of methoxy groups -OCH3 is 2. The Labute approximate surface area is 246 Å². The van der Waals surface area contributed by atoms with Crippen molar-refractivity contribution in [3.05, 3.63) is 76.6 Å². The van der Waals surface area contributed by atoms with E-state index in [1.807, 2.05) is 32.9 Å². The van der Waals surface area contributed by atoms with Crippen molar-refractivity contribution in [3.8, 4) is 16.9 Å². The van der Waals surface area contributed by atoms with Crippen LogP contribution >= 0.6 is 0 Å². The molecule has 0 radical (unpaired) electrons. The van der Waals surface area contributed by atoms with Gasteiger partial charge in [0.05, 0.1) is 25.5 Å². The highest BCUT2D eigenvalue weighted by atomic mass is 19.1. The number of anilines is 2. The number of urea groups is 1. The van der Waals surface area contributed by atoms with Gasteiger partial charge in [-0.1, -0.05) is 49.1 Å². The van der Waals surface area contributed by atoms with E-state index in [1.54, 1.807) is 24.3 Å². The van der Waals surface area contributed by atoms with Crippen LogP contribution in [0.4, 0.5) is 20.6 Å². The first-order valence-corrected chi connectivity index (χ1v) is 14.1. The Morgan fingerprint density at radius 2 is 1.50 bits per heavy atom. The van der Waals surface area contributed by atoms with Gasteiger partial charge < -0.3 is 25.4 Å². The molecule has 42 heavy (non-hydrogen) atoms. The third kappa shape index (κ3) is 7.08. The standard InChI is InChI=1S/C33H38FN3O5/c1-19-15-20(2)29(21(3)16-19)37-33(40)35-27-18-24(23-12-14-28(41-4)26(34)17-23)11-13-25(27)31(38)36-30(32(39)42-5)22-9-7-6-8-10-22/h11-18,22,30H,6-10H2,1-5H3,(H,36,38)(H2,35,37,40)/t30-/m0/s1. The zero-order valence-electron chi connectivity index (χ0n) is 24.7. The number of amides is 3. The molecular weight excluding hydrogens is 537 g/mol. The van der Waals surface area contributed by atoms with E-state index in [-0.39, 0.29) is 22.9 Å². The summed E-state index contributed by atoms with van der Waals surface area (Å²) in [5, 5.41) is 8.56. The van der Waals surface area contributed by atoms with E-state index in [0.717, 1.165) is 48.8 Å². The molecule has 3 N–H and O–H groups in total. The van der Waals surface area contributed by atoms with Crippen LogP contribution in [-0.2, 0) is 9.53 Å². The van der Waals surface area contributed by atoms with Gasteiger partial charge in [-0.2, -0.15) is 0 Å².